The molecule has 0 aliphatic heterocycles. The lowest BCUT2D eigenvalue weighted by atomic mass is 10.1. The Hall–Kier alpha value is -2.12. The van der Waals surface area contributed by atoms with Gasteiger partial charge < -0.3 is 19.7 Å². The Morgan fingerprint density at radius 1 is 1.28 bits per heavy atom. The van der Waals surface area contributed by atoms with Gasteiger partial charge >= 0.3 is 6.09 Å². The first-order valence-electron chi connectivity index (χ1n) is 10.1. The first kappa shape index (κ1) is 21.6. The van der Waals surface area contributed by atoms with Crippen molar-refractivity contribution in [3.63, 3.8) is 0 Å². The zero-order valence-corrected chi connectivity index (χ0v) is 18.6. The molecule has 2 aromatic rings. The van der Waals surface area contributed by atoms with Gasteiger partial charge in [0.15, 0.2) is 0 Å². The number of rotatable bonds is 9. The quantitative estimate of drug-likeness (QED) is 0.599. The number of aromatic nitrogens is 1. The minimum atomic E-state index is -0.419. The Bertz CT molecular complexity index is 794. The van der Waals surface area contributed by atoms with Crippen molar-refractivity contribution in [1.82, 2.24) is 15.2 Å². The third kappa shape index (κ3) is 7.33. The van der Waals surface area contributed by atoms with Crippen LogP contribution in [-0.4, -0.2) is 47.8 Å². The van der Waals surface area contributed by atoms with Crippen molar-refractivity contribution < 1.29 is 14.3 Å². The Balaban J connectivity index is 1.43. The molecule has 7 heteroatoms. The van der Waals surface area contributed by atoms with E-state index >= 15 is 0 Å². The number of nitrogens with zero attached hydrogens (tertiary/aromatic N) is 2. The van der Waals surface area contributed by atoms with Crippen molar-refractivity contribution in [3.8, 4) is 16.3 Å². The molecule has 3 rings (SSSR count). The van der Waals surface area contributed by atoms with E-state index in [1.807, 2.05) is 45.0 Å². The number of carbonyl (C=O) groups excluding carboxylic acids is 1. The second-order valence-electron chi connectivity index (χ2n) is 8.52. The van der Waals surface area contributed by atoms with Crippen LogP contribution in [0.4, 0.5) is 4.79 Å². The summed E-state index contributed by atoms with van der Waals surface area (Å²) >= 11 is 1.52. The van der Waals surface area contributed by atoms with Crippen LogP contribution in [0.5, 0.6) is 5.75 Å². The number of carbonyl (C=O) groups is 1. The molecule has 1 saturated carbocycles. The molecule has 1 aliphatic rings. The second kappa shape index (κ2) is 9.59. The van der Waals surface area contributed by atoms with Gasteiger partial charge in [0.25, 0.3) is 0 Å². The van der Waals surface area contributed by atoms with Crippen LogP contribution in [0.2, 0.25) is 0 Å². The summed E-state index contributed by atoms with van der Waals surface area (Å²) in [5, 5.41) is 3.68. The van der Waals surface area contributed by atoms with Crippen LogP contribution in [0.25, 0.3) is 10.6 Å². The summed E-state index contributed by atoms with van der Waals surface area (Å²) in [4.78, 5) is 19.5. The van der Waals surface area contributed by atoms with Gasteiger partial charge in [-0.2, -0.15) is 0 Å². The molecule has 158 valence electrons. The highest BCUT2D eigenvalue weighted by atomic mass is 32.1. The molecule has 6 nitrogen and oxygen atoms in total. The number of ether oxygens (including phenoxy) is 2. The van der Waals surface area contributed by atoms with Crippen LogP contribution in [-0.2, 0) is 11.3 Å². The van der Waals surface area contributed by atoms with Crippen molar-refractivity contribution in [2.45, 2.75) is 58.2 Å². The lowest BCUT2D eigenvalue weighted by molar-refractivity contribution is 0.132. The largest absolute Gasteiger partial charge is 0.494 e. The van der Waals surface area contributed by atoms with Gasteiger partial charge in [0.2, 0.25) is 0 Å². The smallest absolute Gasteiger partial charge is 0.407 e. The number of thiazole rings is 1. The molecule has 0 saturated heterocycles. The molecular weight excluding hydrogens is 386 g/mol. The van der Waals surface area contributed by atoms with Crippen molar-refractivity contribution in [2.24, 2.45) is 0 Å². The fraction of sp³-hybridized carbons (Fsp3) is 0.545. The van der Waals surface area contributed by atoms with Gasteiger partial charge in [-0.15, -0.1) is 11.3 Å². The molecule has 1 fully saturated rings. The molecule has 0 unspecified atom stereocenters. The molecule has 1 aliphatic carbocycles. The summed E-state index contributed by atoms with van der Waals surface area (Å²) in [6.45, 7) is 7.78. The second-order valence-corrected chi connectivity index (χ2v) is 9.64. The molecular formula is C22H31N3O3S. The lowest BCUT2D eigenvalue weighted by Crippen LogP contribution is -2.40. The van der Waals surface area contributed by atoms with Crippen LogP contribution in [0.3, 0.4) is 0 Å². The van der Waals surface area contributed by atoms with Gasteiger partial charge in [-0.25, -0.2) is 9.78 Å². The fourth-order valence-electron chi connectivity index (χ4n) is 2.88. The highest BCUT2D eigenvalue weighted by Gasteiger charge is 2.25. The standard InChI is InChI=1S/C22H31N3O3S/c1-22(2,3)24-21(26)28-15-19-14-23-20(29-19)16-6-10-18(11-7-16)27-13-5-12-25(4)17-8-9-17/h6-7,10-11,14,17H,5,8-9,12-13,15H2,1-4H3,(H,24,26). The number of alkyl carbamates (subject to hydrolysis) is 1. The first-order chi connectivity index (χ1) is 13.8. The molecule has 0 atom stereocenters. The predicted octanol–water partition coefficient (Wildman–Crippen LogP) is 4.70. The number of amides is 1. The van der Waals surface area contributed by atoms with Crippen molar-refractivity contribution in [1.29, 1.82) is 0 Å². The average molecular weight is 418 g/mol. The highest BCUT2D eigenvalue weighted by Crippen LogP contribution is 2.28. The van der Waals surface area contributed by atoms with E-state index in [4.69, 9.17) is 9.47 Å². The van der Waals surface area contributed by atoms with Crippen LogP contribution < -0.4 is 10.1 Å². The summed E-state index contributed by atoms with van der Waals surface area (Å²) in [6, 6.07) is 8.79. The van der Waals surface area contributed by atoms with E-state index in [1.54, 1.807) is 6.20 Å². The van der Waals surface area contributed by atoms with Crippen LogP contribution in [0.1, 0.15) is 44.9 Å². The van der Waals surface area contributed by atoms with Crippen LogP contribution >= 0.6 is 11.3 Å². The Morgan fingerprint density at radius 2 is 2.00 bits per heavy atom. The number of benzene rings is 1. The average Bonchev–Trinajstić information content (AvgIpc) is 3.41. The van der Waals surface area contributed by atoms with E-state index in [-0.39, 0.29) is 12.1 Å². The van der Waals surface area contributed by atoms with Crippen molar-refractivity contribution >= 4 is 17.4 Å². The molecule has 1 aromatic heterocycles. The molecule has 1 heterocycles. The molecule has 1 N–H and O–H groups in total. The molecule has 0 bridgehead atoms. The van der Waals surface area contributed by atoms with Crippen molar-refractivity contribution in [2.75, 3.05) is 20.2 Å². The number of nitrogens with one attached hydrogen (secondary N) is 1. The zero-order chi connectivity index (χ0) is 20.9. The van der Waals surface area contributed by atoms with Crippen LogP contribution in [0.15, 0.2) is 30.5 Å². The molecule has 0 spiro atoms. The minimum Gasteiger partial charge on any atom is -0.494 e. The maximum absolute atomic E-state index is 11.8. The van der Waals surface area contributed by atoms with E-state index in [0.717, 1.165) is 46.8 Å². The predicted molar refractivity (Wildman–Crippen MR) is 116 cm³/mol. The van der Waals surface area contributed by atoms with Gasteiger partial charge in [0.1, 0.15) is 17.4 Å². The molecule has 0 radical (unpaired) electrons. The van der Waals surface area contributed by atoms with Gasteiger partial charge in [-0.1, -0.05) is 0 Å². The van der Waals surface area contributed by atoms with Crippen molar-refractivity contribution in [3.05, 3.63) is 35.3 Å². The summed E-state index contributed by atoms with van der Waals surface area (Å²) in [5.41, 5.74) is 0.716. The maximum atomic E-state index is 11.8. The van der Waals surface area contributed by atoms with Crippen LogP contribution in [0, 0.1) is 0 Å². The Morgan fingerprint density at radius 3 is 2.66 bits per heavy atom. The van der Waals surface area contributed by atoms with Gasteiger partial charge in [-0.3, -0.25) is 0 Å². The van der Waals surface area contributed by atoms with E-state index in [2.05, 4.69) is 22.2 Å². The minimum absolute atomic E-state index is 0.218. The summed E-state index contributed by atoms with van der Waals surface area (Å²) in [6.07, 6.45) is 5.05. The topological polar surface area (TPSA) is 63.7 Å². The Kier molecular flexibility index (Phi) is 7.14. The first-order valence-corrected chi connectivity index (χ1v) is 10.9. The zero-order valence-electron chi connectivity index (χ0n) is 17.7. The van der Waals surface area contributed by atoms with E-state index in [1.165, 1.54) is 24.2 Å². The number of hydrogen-bond acceptors (Lipinski definition) is 6. The summed E-state index contributed by atoms with van der Waals surface area (Å²) < 4.78 is 11.1. The van der Waals surface area contributed by atoms with Gasteiger partial charge in [-0.05, 0) is 71.3 Å². The molecule has 29 heavy (non-hydrogen) atoms. The van der Waals surface area contributed by atoms with E-state index < -0.39 is 6.09 Å². The monoisotopic (exact) mass is 417 g/mol. The SMILES string of the molecule is CN(CCCOc1ccc(-c2ncc(COC(=O)NC(C)(C)C)s2)cc1)C1CC1. The molecule has 1 aromatic carbocycles. The molecule has 1 amide bonds. The third-order valence-corrected chi connectivity index (χ3v) is 5.59. The fourth-order valence-corrected chi connectivity index (χ4v) is 3.71. The Labute approximate surface area is 177 Å². The lowest BCUT2D eigenvalue weighted by Gasteiger charge is -2.19. The summed E-state index contributed by atoms with van der Waals surface area (Å²) in [5.74, 6) is 0.877. The summed E-state index contributed by atoms with van der Waals surface area (Å²) in [7, 11) is 2.19. The third-order valence-electron chi connectivity index (χ3n) is 4.57. The van der Waals surface area contributed by atoms with E-state index in [9.17, 15) is 4.79 Å². The maximum Gasteiger partial charge on any atom is 0.407 e. The van der Waals surface area contributed by atoms with Gasteiger partial charge in [0, 0.05) is 29.9 Å². The van der Waals surface area contributed by atoms with Gasteiger partial charge in [0.05, 0.1) is 11.5 Å². The highest BCUT2D eigenvalue weighted by molar-refractivity contribution is 7.15. The van der Waals surface area contributed by atoms with E-state index in [0.29, 0.717) is 0 Å². The number of hydrogen-bond donors (Lipinski definition) is 1. The normalized spacial score (nSPS) is 14.1.